The Balaban J connectivity index is 0.000000120. The van der Waals surface area contributed by atoms with Crippen LogP contribution in [0, 0.1) is 11.8 Å². The number of fused-ring (bicyclic) bond motifs is 5. The number of halogens is 8. The van der Waals surface area contributed by atoms with E-state index in [2.05, 4.69) is 41.9 Å². The number of carbonyl (C=O) groups is 5. The minimum atomic E-state index is -1.40. The lowest BCUT2D eigenvalue weighted by atomic mass is 9.74. The molecule has 5 aromatic heterocycles. The topological polar surface area (TPSA) is 305 Å². The molecule has 132 heavy (non-hydrogen) atoms. The first-order chi connectivity index (χ1) is 63.0. The molecule has 10 aliphatic rings. The van der Waals surface area contributed by atoms with Crippen LogP contribution in [0.4, 0.5) is 13.2 Å². The van der Waals surface area contributed by atoms with Gasteiger partial charge in [0, 0.05) is 121 Å². The summed E-state index contributed by atoms with van der Waals surface area (Å²) >= 11 is 32.0. The van der Waals surface area contributed by atoms with Crippen LogP contribution >= 0.6 is 58.0 Å². The molecule has 10 aromatic rings. The normalized spacial score (nSPS) is 27.6. The van der Waals surface area contributed by atoms with Crippen molar-refractivity contribution in [2.24, 2.45) is 11.8 Å². The summed E-state index contributed by atoms with van der Waals surface area (Å²) in [4.78, 5) is 64.5. The van der Waals surface area contributed by atoms with Gasteiger partial charge in [-0.25, -0.2) is 13.2 Å². The number of hydrogen-bond acceptors (Lipinski definition) is 15. The van der Waals surface area contributed by atoms with Crippen LogP contribution in [-0.4, -0.2) is 216 Å². The number of benzene rings is 5. The Hall–Kier alpha value is -7.81. The third-order valence-electron chi connectivity index (χ3n) is 28.5. The summed E-state index contributed by atoms with van der Waals surface area (Å²) in [6.45, 7) is 13.8. The number of amides is 4. The molecule has 20 rings (SSSR count). The molecule has 32 heteroatoms. The molecule has 5 aromatic carbocycles. The van der Waals surface area contributed by atoms with E-state index in [0.29, 0.717) is 200 Å². The van der Waals surface area contributed by atoms with Crippen LogP contribution < -0.4 is 21.3 Å². The van der Waals surface area contributed by atoms with Crippen molar-refractivity contribution in [3.8, 4) is 0 Å². The fraction of sp³-hybridized carbons (Fsp3) is 0.550. The highest BCUT2D eigenvalue weighted by Crippen LogP contribution is 2.46. The molecule has 10 atom stereocenters. The number of rotatable bonds is 21. The molecule has 5 aliphatic heterocycles. The molecular weight excluding hydrogens is 1800 g/mol. The highest BCUT2D eigenvalue weighted by Gasteiger charge is 2.46. The SMILES string of the molecule is CC1(F)CCCC(O)(CCC(=O)c2cn(C3COC3)c3cccc(Cl)c23)C1.CC1(F)CCC[C@@](O)(CNC(=O)c2cn(C3COC3)c3cccc(Cl)c23)C1.CC1(F)CCC[C@](O)(CNC(=O)c2cn(C3COC3)c3cccc(Cl)c23)C1.CC1CCCC(O)(CNC(=O)c2cn(C3COC3)c3cccc(Cl)c23)C1.O=C(NC[C@@H]1CCCC[C@H]1O)c1cn(C2COC2)c2cccc(Cl)c12. The maximum atomic E-state index is 14.3. The van der Waals surface area contributed by atoms with Gasteiger partial charge in [0.2, 0.25) is 0 Å². The average Bonchev–Trinajstić information content (AvgIpc) is 1.63. The quantitative estimate of drug-likeness (QED) is 0.0302. The lowest BCUT2D eigenvalue weighted by Crippen LogP contribution is -2.49. The number of nitrogens with zero attached hydrogens (tertiary/aromatic N) is 5. The second kappa shape index (κ2) is 40.5. The van der Waals surface area contributed by atoms with Gasteiger partial charge in [0.05, 0.1) is 200 Å². The first-order valence-corrected chi connectivity index (χ1v) is 48.5. The third kappa shape index (κ3) is 21.9. The van der Waals surface area contributed by atoms with Crippen molar-refractivity contribution in [2.75, 3.05) is 92.2 Å². The first-order valence-electron chi connectivity index (χ1n) is 46.6. The molecule has 5 aliphatic carbocycles. The highest BCUT2D eigenvalue weighted by molar-refractivity contribution is 6.39. The molecule has 10 fully saturated rings. The maximum absolute atomic E-state index is 14.3. The summed E-state index contributed by atoms with van der Waals surface area (Å²) in [6, 6.07) is 29.2. The number of aliphatic hydroxyl groups is 5. The highest BCUT2D eigenvalue weighted by atomic mass is 35.5. The summed E-state index contributed by atoms with van der Waals surface area (Å²) in [5.41, 5.74) is -1.27. The van der Waals surface area contributed by atoms with Crippen molar-refractivity contribution < 1.29 is 86.4 Å². The molecular formula is C100H121Cl5F3N9O15. The number of alkyl halides is 3. The number of nitrogens with one attached hydrogen (secondary N) is 4. The Morgan fingerprint density at radius 2 is 0.667 bits per heavy atom. The van der Waals surface area contributed by atoms with E-state index in [4.69, 9.17) is 81.7 Å². The second-order valence-corrected chi connectivity index (χ2v) is 41.6. The monoisotopic (exact) mass is 1920 g/mol. The van der Waals surface area contributed by atoms with Crippen LogP contribution in [0.15, 0.2) is 122 Å². The molecule has 6 unspecified atom stereocenters. The first kappa shape index (κ1) is 97.3. The van der Waals surface area contributed by atoms with Gasteiger partial charge < -0.3 is 93.3 Å². The Labute approximate surface area is 791 Å². The molecule has 0 bridgehead atoms. The third-order valence-corrected chi connectivity index (χ3v) is 30.1. The van der Waals surface area contributed by atoms with Gasteiger partial charge in [0.15, 0.2) is 5.78 Å². The summed E-state index contributed by atoms with van der Waals surface area (Å²) in [6.07, 6.45) is 21.8. The van der Waals surface area contributed by atoms with E-state index in [0.717, 1.165) is 95.1 Å². The molecule has 9 N–H and O–H groups in total. The smallest absolute Gasteiger partial charge is 0.253 e. The minimum Gasteiger partial charge on any atom is -0.393 e. The zero-order valence-electron chi connectivity index (χ0n) is 75.2. The Bertz CT molecular complexity index is 5530. The summed E-state index contributed by atoms with van der Waals surface area (Å²) in [5, 5.41) is 71.0. The Kier molecular flexibility index (Phi) is 29.8. The minimum absolute atomic E-state index is 0.0228. The fourth-order valence-corrected chi connectivity index (χ4v) is 22.5. The molecule has 5 saturated carbocycles. The largest absolute Gasteiger partial charge is 0.393 e. The van der Waals surface area contributed by atoms with Crippen molar-refractivity contribution in [1.29, 1.82) is 0 Å². The fourth-order valence-electron chi connectivity index (χ4n) is 21.2. The number of ether oxygens (including phenoxy) is 5. The van der Waals surface area contributed by atoms with E-state index < -0.39 is 39.4 Å². The lowest BCUT2D eigenvalue weighted by molar-refractivity contribution is -0.0612. The number of hydrogen-bond donors (Lipinski definition) is 9. The summed E-state index contributed by atoms with van der Waals surface area (Å²) < 4.78 is 79.7. The Morgan fingerprint density at radius 1 is 0.379 bits per heavy atom. The number of Topliss-reactive ketones (excluding diaryl/α,β-unsaturated/α-hetero) is 1. The lowest BCUT2D eigenvalue weighted by Gasteiger charge is -2.39. The number of aliphatic hydroxyl groups excluding tert-OH is 1. The molecule has 10 heterocycles. The standard InChI is InChI=1S/C21H25ClFNO3.2C20H24ClFN2O3.C20H25ClN2O3.C19H23ClN2O3/c1-20(23)7-3-8-21(26,13-20)9-6-18(25)15-10-24(14-11-27-12-14)17-5-2-4-16(22)19(15)17;2*1-19(22)6-3-7-20(26,11-19)12-23-18(25)14-8-24(13-9-27-10-13)16-5-2-4-15(21)17(14)16;1-13-4-3-7-20(25,8-13)12-22-19(24)15-9-23(14-10-26-11-14)17-6-2-5-16(21)18(15)17;20-15-5-3-6-16-18(15)14(9-22(16)13-10-25-11-13)19(24)21-8-12-4-1-2-7-17(12)23/h2,4-5,10,14,26H,3,6-9,11-13H2,1H3;2*2,4-5,8,13,26H,3,6-7,9-12H2,1H3,(H,23,25);2,5-6,9,13-14,25H,3-4,7-8,10-12H2,1H3,(H,22,24);3,5-6,9,12-13,17,23H,1-2,4,7-8,10-11H2,(H,21,24)/t;2*19?,20-;;12-,17+/m.10.0/s1. The van der Waals surface area contributed by atoms with Crippen molar-refractivity contribution in [2.45, 2.75) is 245 Å². The van der Waals surface area contributed by atoms with Crippen LogP contribution in [0.25, 0.3) is 54.5 Å². The number of ketones is 1. The van der Waals surface area contributed by atoms with Gasteiger partial charge in [-0.3, -0.25) is 24.0 Å². The summed E-state index contributed by atoms with van der Waals surface area (Å²) in [5.74, 6) is -0.379. The predicted octanol–water partition coefficient (Wildman–Crippen LogP) is 18.8. The van der Waals surface area contributed by atoms with Gasteiger partial charge in [-0.1, -0.05) is 121 Å². The maximum Gasteiger partial charge on any atom is 0.253 e. The van der Waals surface area contributed by atoms with Crippen molar-refractivity contribution in [1.82, 2.24) is 44.1 Å². The van der Waals surface area contributed by atoms with Crippen LogP contribution in [-0.2, 0) is 23.7 Å². The van der Waals surface area contributed by atoms with Gasteiger partial charge in [-0.05, 0) is 177 Å². The number of carbonyl (C=O) groups excluding carboxylic acids is 5. The van der Waals surface area contributed by atoms with Crippen molar-refractivity contribution >= 4 is 142 Å². The van der Waals surface area contributed by atoms with Gasteiger partial charge in [-0.15, -0.1) is 0 Å². The van der Waals surface area contributed by atoms with Crippen LogP contribution in [0.2, 0.25) is 25.1 Å². The van der Waals surface area contributed by atoms with Gasteiger partial charge >= 0.3 is 0 Å². The molecule has 5 saturated heterocycles. The van der Waals surface area contributed by atoms with E-state index >= 15 is 0 Å². The molecule has 712 valence electrons. The van der Waals surface area contributed by atoms with Gasteiger partial charge in [0.1, 0.15) is 17.0 Å². The van der Waals surface area contributed by atoms with Crippen LogP contribution in [0.5, 0.6) is 0 Å². The van der Waals surface area contributed by atoms with E-state index in [1.165, 1.54) is 20.8 Å². The predicted molar refractivity (Wildman–Crippen MR) is 506 cm³/mol. The van der Waals surface area contributed by atoms with Crippen molar-refractivity contribution in [3.05, 3.63) is 175 Å². The summed E-state index contributed by atoms with van der Waals surface area (Å²) in [7, 11) is 0. The average molecular weight is 1920 g/mol. The zero-order valence-corrected chi connectivity index (χ0v) is 79.0. The van der Waals surface area contributed by atoms with E-state index in [-0.39, 0.29) is 123 Å². The molecule has 4 amide bonds. The second-order valence-electron chi connectivity index (χ2n) is 39.6. The molecule has 24 nitrogen and oxygen atoms in total. The molecule has 0 radical (unpaired) electrons. The van der Waals surface area contributed by atoms with Crippen molar-refractivity contribution in [3.63, 3.8) is 0 Å². The van der Waals surface area contributed by atoms with Gasteiger partial charge in [0.25, 0.3) is 23.6 Å². The van der Waals surface area contributed by atoms with Gasteiger partial charge in [-0.2, -0.15) is 0 Å². The van der Waals surface area contributed by atoms with E-state index in [1.807, 2.05) is 94.5 Å². The Morgan fingerprint density at radius 3 is 0.977 bits per heavy atom. The van der Waals surface area contributed by atoms with Crippen LogP contribution in [0.1, 0.15) is 251 Å². The zero-order chi connectivity index (χ0) is 93.4. The molecule has 0 spiro atoms. The van der Waals surface area contributed by atoms with E-state index in [1.54, 1.807) is 36.7 Å². The van der Waals surface area contributed by atoms with E-state index in [9.17, 15) is 62.7 Å². The van der Waals surface area contributed by atoms with Crippen LogP contribution in [0.3, 0.4) is 0 Å². The number of aromatic nitrogens is 5.